The lowest BCUT2D eigenvalue weighted by molar-refractivity contribution is 0.124. The van der Waals surface area contributed by atoms with Crippen LogP contribution in [0.2, 0.25) is 0 Å². The van der Waals surface area contributed by atoms with Gasteiger partial charge in [0.2, 0.25) is 0 Å². The van der Waals surface area contributed by atoms with Crippen LogP contribution >= 0.6 is 0 Å². The Kier molecular flexibility index (Phi) is 8.19. The van der Waals surface area contributed by atoms with Crippen molar-refractivity contribution in [1.29, 1.82) is 0 Å². The number of nitrogens with one attached hydrogen (secondary N) is 2. The van der Waals surface area contributed by atoms with Gasteiger partial charge in [-0.3, -0.25) is 0 Å². The third-order valence-electron chi connectivity index (χ3n) is 5.00. The van der Waals surface area contributed by atoms with Gasteiger partial charge in [-0.2, -0.15) is 0 Å². The summed E-state index contributed by atoms with van der Waals surface area (Å²) in [6, 6.07) is 8.14. The van der Waals surface area contributed by atoms with E-state index in [1.54, 1.807) is 0 Å². The fourth-order valence-electron chi connectivity index (χ4n) is 3.22. The van der Waals surface area contributed by atoms with Gasteiger partial charge in [-0.25, -0.2) is 4.79 Å². The Morgan fingerprint density at radius 2 is 1.69 bits per heavy atom. The zero-order chi connectivity index (χ0) is 18.9. The van der Waals surface area contributed by atoms with Crippen LogP contribution in [0.25, 0.3) is 0 Å². The molecule has 1 aromatic rings. The predicted molar refractivity (Wildman–Crippen MR) is 109 cm³/mol. The number of benzene rings is 1. The SMILES string of the molecule is CCN1CCN(C[C@@H](C)CNC(=O)NCc2ccc(N(C)C)cc2)CC1. The van der Waals surface area contributed by atoms with E-state index >= 15 is 0 Å². The maximum atomic E-state index is 12.0. The molecule has 26 heavy (non-hydrogen) atoms. The molecule has 6 nitrogen and oxygen atoms in total. The van der Waals surface area contributed by atoms with Crippen LogP contribution in [-0.4, -0.2) is 75.7 Å². The first kappa shape index (κ1) is 20.5. The van der Waals surface area contributed by atoms with Crippen molar-refractivity contribution in [3.8, 4) is 0 Å². The molecule has 0 aromatic heterocycles. The van der Waals surface area contributed by atoms with E-state index in [-0.39, 0.29) is 6.03 Å². The number of piperazine rings is 1. The Bertz CT molecular complexity index is 538. The molecule has 146 valence electrons. The number of hydrogen-bond acceptors (Lipinski definition) is 4. The second-order valence-electron chi connectivity index (χ2n) is 7.46. The number of likely N-dealkylation sites (N-methyl/N-ethyl adjacent to an activating group) is 1. The number of nitrogens with zero attached hydrogens (tertiary/aromatic N) is 3. The van der Waals surface area contributed by atoms with E-state index < -0.39 is 0 Å². The maximum absolute atomic E-state index is 12.0. The molecule has 0 radical (unpaired) electrons. The lowest BCUT2D eigenvalue weighted by Crippen LogP contribution is -2.48. The molecule has 2 rings (SSSR count). The van der Waals surface area contributed by atoms with E-state index in [0.717, 1.165) is 50.5 Å². The molecule has 0 spiro atoms. The maximum Gasteiger partial charge on any atom is 0.315 e. The number of urea groups is 1. The molecule has 1 saturated heterocycles. The zero-order valence-electron chi connectivity index (χ0n) is 16.8. The summed E-state index contributed by atoms with van der Waals surface area (Å²) >= 11 is 0. The molecule has 6 heteroatoms. The molecule has 1 aliphatic heterocycles. The van der Waals surface area contributed by atoms with Crippen molar-refractivity contribution in [2.24, 2.45) is 5.92 Å². The molecule has 0 saturated carbocycles. The van der Waals surface area contributed by atoms with Crippen molar-refractivity contribution >= 4 is 11.7 Å². The minimum absolute atomic E-state index is 0.0932. The Balaban J connectivity index is 1.62. The fraction of sp³-hybridized carbons (Fsp3) is 0.650. The van der Waals surface area contributed by atoms with Gasteiger partial charge in [-0.15, -0.1) is 0 Å². The van der Waals surface area contributed by atoms with Crippen molar-refractivity contribution in [2.75, 3.05) is 64.8 Å². The molecule has 1 fully saturated rings. The van der Waals surface area contributed by atoms with Crippen LogP contribution in [-0.2, 0) is 6.54 Å². The monoisotopic (exact) mass is 361 g/mol. The average Bonchev–Trinajstić information content (AvgIpc) is 2.65. The number of hydrogen-bond donors (Lipinski definition) is 2. The normalized spacial score (nSPS) is 16.9. The third-order valence-corrected chi connectivity index (χ3v) is 5.00. The summed E-state index contributed by atoms with van der Waals surface area (Å²) in [7, 11) is 4.04. The van der Waals surface area contributed by atoms with Crippen LogP contribution in [0.15, 0.2) is 24.3 Å². The lowest BCUT2D eigenvalue weighted by Gasteiger charge is -2.35. The summed E-state index contributed by atoms with van der Waals surface area (Å²) in [4.78, 5) is 19.1. The van der Waals surface area contributed by atoms with Crippen molar-refractivity contribution in [1.82, 2.24) is 20.4 Å². The zero-order valence-corrected chi connectivity index (χ0v) is 16.8. The Morgan fingerprint density at radius 3 is 2.27 bits per heavy atom. The van der Waals surface area contributed by atoms with Crippen LogP contribution in [0.5, 0.6) is 0 Å². The van der Waals surface area contributed by atoms with E-state index in [4.69, 9.17) is 0 Å². The summed E-state index contributed by atoms with van der Waals surface area (Å²) in [5.41, 5.74) is 2.26. The average molecular weight is 362 g/mol. The first-order valence-electron chi connectivity index (χ1n) is 9.70. The smallest absolute Gasteiger partial charge is 0.315 e. The van der Waals surface area contributed by atoms with Gasteiger partial charge >= 0.3 is 6.03 Å². The molecule has 1 heterocycles. The van der Waals surface area contributed by atoms with E-state index in [0.29, 0.717) is 19.0 Å². The summed E-state index contributed by atoms with van der Waals surface area (Å²) in [5, 5.41) is 5.93. The van der Waals surface area contributed by atoms with E-state index in [1.807, 2.05) is 26.2 Å². The van der Waals surface area contributed by atoms with Crippen LogP contribution in [0, 0.1) is 5.92 Å². The van der Waals surface area contributed by atoms with Gasteiger partial charge in [0.15, 0.2) is 0 Å². The molecule has 1 aromatic carbocycles. The van der Waals surface area contributed by atoms with Gasteiger partial charge in [0.05, 0.1) is 0 Å². The number of rotatable bonds is 8. The second-order valence-corrected chi connectivity index (χ2v) is 7.46. The topological polar surface area (TPSA) is 50.9 Å². The number of carbonyl (C=O) groups is 1. The minimum atomic E-state index is -0.0932. The summed E-state index contributed by atoms with van der Waals surface area (Å²) in [6.07, 6.45) is 0. The highest BCUT2D eigenvalue weighted by molar-refractivity contribution is 5.73. The summed E-state index contributed by atoms with van der Waals surface area (Å²) in [6.45, 7) is 12.4. The fourth-order valence-corrected chi connectivity index (χ4v) is 3.22. The van der Waals surface area contributed by atoms with Crippen molar-refractivity contribution in [3.63, 3.8) is 0 Å². The quantitative estimate of drug-likeness (QED) is 0.742. The lowest BCUT2D eigenvalue weighted by atomic mass is 10.1. The molecular weight excluding hydrogens is 326 g/mol. The minimum Gasteiger partial charge on any atom is -0.378 e. The Hall–Kier alpha value is -1.79. The van der Waals surface area contributed by atoms with Crippen molar-refractivity contribution in [2.45, 2.75) is 20.4 Å². The van der Waals surface area contributed by atoms with E-state index in [2.05, 4.69) is 51.3 Å². The van der Waals surface area contributed by atoms with Crippen molar-refractivity contribution in [3.05, 3.63) is 29.8 Å². The molecule has 1 atom stereocenters. The largest absolute Gasteiger partial charge is 0.378 e. The van der Waals surface area contributed by atoms with Crippen LogP contribution in [0.4, 0.5) is 10.5 Å². The van der Waals surface area contributed by atoms with E-state index in [9.17, 15) is 4.79 Å². The number of anilines is 1. The molecule has 0 bridgehead atoms. The molecule has 1 aliphatic rings. The van der Waals surface area contributed by atoms with Gasteiger partial charge in [-0.1, -0.05) is 26.0 Å². The van der Waals surface area contributed by atoms with Gasteiger partial charge in [0, 0.05) is 65.6 Å². The van der Waals surface area contributed by atoms with Gasteiger partial charge in [0.1, 0.15) is 0 Å². The summed E-state index contributed by atoms with van der Waals surface area (Å²) < 4.78 is 0. The summed E-state index contributed by atoms with van der Waals surface area (Å²) in [5.74, 6) is 0.452. The highest BCUT2D eigenvalue weighted by Gasteiger charge is 2.17. The standard InChI is InChI=1S/C20H35N5O/c1-5-24-10-12-25(13-11-24)16-17(2)14-21-20(26)22-15-18-6-8-19(9-7-18)23(3)4/h6-9,17H,5,10-16H2,1-4H3,(H2,21,22,26)/t17-/m0/s1. The highest BCUT2D eigenvalue weighted by Crippen LogP contribution is 2.12. The number of amides is 2. The first-order valence-corrected chi connectivity index (χ1v) is 9.70. The first-order chi connectivity index (χ1) is 12.5. The molecule has 2 N–H and O–H groups in total. The molecular formula is C20H35N5O. The van der Waals surface area contributed by atoms with Gasteiger partial charge in [-0.05, 0) is 30.2 Å². The van der Waals surface area contributed by atoms with Crippen LogP contribution in [0.3, 0.4) is 0 Å². The molecule has 2 amide bonds. The third kappa shape index (κ3) is 6.84. The number of carbonyl (C=O) groups excluding carboxylic acids is 1. The second kappa shape index (κ2) is 10.4. The molecule has 0 aliphatic carbocycles. The van der Waals surface area contributed by atoms with Gasteiger partial charge in [0.25, 0.3) is 0 Å². The highest BCUT2D eigenvalue weighted by atomic mass is 16.2. The van der Waals surface area contributed by atoms with Crippen LogP contribution in [0.1, 0.15) is 19.4 Å². The van der Waals surface area contributed by atoms with Gasteiger partial charge < -0.3 is 25.3 Å². The van der Waals surface area contributed by atoms with Crippen molar-refractivity contribution < 1.29 is 4.79 Å². The molecule has 0 unspecified atom stereocenters. The van der Waals surface area contributed by atoms with E-state index in [1.165, 1.54) is 0 Å². The predicted octanol–water partition coefficient (Wildman–Crippen LogP) is 1.83. The van der Waals surface area contributed by atoms with Crippen LogP contribution < -0.4 is 15.5 Å². The Labute approximate surface area is 158 Å². The Morgan fingerprint density at radius 1 is 1.08 bits per heavy atom.